The second-order valence-corrected chi connectivity index (χ2v) is 2.01. The zero-order chi connectivity index (χ0) is 7.11. The van der Waals surface area contributed by atoms with Gasteiger partial charge in [0.25, 0.3) is 0 Å². The molecule has 9 heavy (non-hydrogen) atoms. The van der Waals surface area contributed by atoms with Crippen molar-refractivity contribution in [3.63, 3.8) is 0 Å². The Morgan fingerprint density at radius 3 is 2.22 bits per heavy atom. The number of aliphatic hydroxyl groups is 2. The van der Waals surface area contributed by atoms with Gasteiger partial charge in [-0.15, -0.1) is 0 Å². The highest BCUT2D eigenvalue weighted by Crippen LogP contribution is 1.99. The second-order valence-electron chi connectivity index (χ2n) is 2.01. The molecule has 56 valence electrons. The van der Waals surface area contributed by atoms with Crippen LogP contribution in [0, 0.1) is 5.92 Å². The van der Waals surface area contributed by atoms with Crippen molar-refractivity contribution in [3.8, 4) is 0 Å². The minimum absolute atomic E-state index is 0.00931. The van der Waals surface area contributed by atoms with E-state index in [2.05, 4.69) is 0 Å². The maximum atomic E-state index is 8.54. The summed E-state index contributed by atoms with van der Waals surface area (Å²) in [7, 11) is 1.60. The molecular weight excluding hydrogens is 120 g/mol. The van der Waals surface area contributed by atoms with Crippen LogP contribution in [0.5, 0.6) is 0 Å². The molecule has 0 heterocycles. The molecule has 2 N–H and O–H groups in total. The van der Waals surface area contributed by atoms with Gasteiger partial charge in [-0.05, 0) is 6.42 Å². The van der Waals surface area contributed by atoms with Crippen LogP contribution in [0.3, 0.4) is 0 Å². The van der Waals surface area contributed by atoms with Crippen molar-refractivity contribution in [1.82, 2.24) is 0 Å². The van der Waals surface area contributed by atoms with Gasteiger partial charge in [0, 0.05) is 32.8 Å². The Morgan fingerprint density at radius 1 is 1.33 bits per heavy atom. The van der Waals surface area contributed by atoms with Crippen molar-refractivity contribution in [2.45, 2.75) is 6.42 Å². The van der Waals surface area contributed by atoms with Gasteiger partial charge in [0.05, 0.1) is 0 Å². The van der Waals surface area contributed by atoms with Gasteiger partial charge < -0.3 is 14.9 Å². The molecule has 0 aliphatic carbocycles. The van der Waals surface area contributed by atoms with Gasteiger partial charge in [-0.2, -0.15) is 0 Å². The summed E-state index contributed by atoms with van der Waals surface area (Å²) in [4.78, 5) is 0. The fraction of sp³-hybridized carbons (Fsp3) is 1.00. The monoisotopic (exact) mass is 134 g/mol. The first kappa shape index (κ1) is 8.88. The first-order valence-corrected chi connectivity index (χ1v) is 3.05. The van der Waals surface area contributed by atoms with E-state index >= 15 is 0 Å². The van der Waals surface area contributed by atoms with Crippen LogP contribution in [0.25, 0.3) is 0 Å². The molecule has 0 saturated carbocycles. The SMILES string of the molecule is COCCC(CO)CO. The molecule has 0 aromatic rings. The molecule has 0 fully saturated rings. The molecule has 0 unspecified atom stereocenters. The Morgan fingerprint density at radius 2 is 1.89 bits per heavy atom. The molecule has 0 spiro atoms. The fourth-order valence-corrected chi connectivity index (χ4v) is 0.525. The van der Waals surface area contributed by atoms with E-state index in [0.717, 1.165) is 6.42 Å². The van der Waals surface area contributed by atoms with Crippen molar-refractivity contribution < 1.29 is 14.9 Å². The van der Waals surface area contributed by atoms with Gasteiger partial charge in [-0.25, -0.2) is 0 Å². The third-order valence-electron chi connectivity index (χ3n) is 1.25. The smallest absolute Gasteiger partial charge is 0.0482 e. The lowest BCUT2D eigenvalue weighted by Crippen LogP contribution is -2.12. The highest BCUT2D eigenvalue weighted by molar-refractivity contribution is 4.53. The Hall–Kier alpha value is -0.120. The van der Waals surface area contributed by atoms with E-state index in [0.29, 0.717) is 6.61 Å². The summed E-state index contributed by atoms with van der Waals surface area (Å²) >= 11 is 0. The van der Waals surface area contributed by atoms with Crippen LogP contribution in [0.4, 0.5) is 0 Å². The first-order chi connectivity index (χ1) is 4.35. The zero-order valence-electron chi connectivity index (χ0n) is 5.71. The Labute approximate surface area is 55.3 Å². The average molecular weight is 134 g/mol. The number of methoxy groups -OCH3 is 1. The van der Waals surface area contributed by atoms with E-state index in [4.69, 9.17) is 14.9 Å². The quantitative estimate of drug-likeness (QED) is 0.539. The molecule has 0 atom stereocenters. The van der Waals surface area contributed by atoms with Crippen LogP contribution >= 0.6 is 0 Å². The zero-order valence-corrected chi connectivity index (χ0v) is 5.71. The van der Waals surface area contributed by atoms with Crippen LogP contribution in [0.15, 0.2) is 0 Å². The molecule has 0 bridgehead atoms. The van der Waals surface area contributed by atoms with E-state index in [1.807, 2.05) is 0 Å². The summed E-state index contributed by atoms with van der Waals surface area (Å²) in [6.07, 6.45) is 0.726. The lowest BCUT2D eigenvalue weighted by atomic mass is 10.1. The predicted octanol–water partition coefficient (Wildman–Crippen LogP) is -0.376. The second kappa shape index (κ2) is 6.01. The van der Waals surface area contributed by atoms with Gasteiger partial charge >= 0.3 is 0 Å². The topological polar surface area (TPSA) is 49.7 Å². The van der Waals surface area contributed by atoms with Crippen molar-refractivity contribution >= 4 is 0 Å². The Kier molecular flexibility index (Phi) is 5.93. The van der Waals surface area contributed by atoms with Crippen LogP contribution in [0.1, 0.15) is 6.42 Å². The van der Waals surface area contributed by atoms with Crippen molar-refractivity contribution in [3.05, 3.63) is 0 Å². The lowest BCUT2D eigenvalue weighted by Gasteiger charge is -2.08. The van der Waals surface area contributed by atoms with Crippen molar-refractivity contribution in [2.24, 2.45) is 5.92 Å². The van der Waals surface area contributed by atoms with Gasteiger partial charge in [0.15, 0.2) is 0 Å². The molecular formula is C6H14O3. The molecule has 0 radical (unpaired) electrons. The minimum Gasteiger partial charge on any atom is -0.396 e. The van der Waals surface area contributed by atoms with E-state index in [9.17, 15) is 0 Å². The molecule has 0 aliphatic rings. The van der Waals surface area contributed by atoms with E-state index in [1.165, 1.54) is 0 Å². The summed E-state index contributed by atoms with van der Waals surface area (Å²) in [5, 5.41) is 17.1. The third-order valence-corrected chi connectivity index (χ3v) is 1.25. The predicted molar refractivity (Wildman–Crippen MR) is 34.2 cm³/mol. The molecule has 0 aliphatic heterocycles. The summed E-state index contributed by atoms with van der Waals surface area (Å²) in [6, 6.07) is 0. The summed E-state index contributed by atoms with van der Waals surface area (Å²) in [5.41, 5.74) is 0. The molecule has 3 heteroatoms. The minimum atomic E-state index is -0.00931. The van der Waals surface area contributed by atoms with Crippen molar-refractivity contribution in [2.75, 3.05) is 26.9 Å². The summed E-state index contributed by atoms with van der Waals surface area (Å²) in [6.45, 7) is 0.686. The number of hydrogen-bond donors (Lipinski definition) is 2. The normalized spacial score (nSPS) is 10.7. The standard InChI is InChI=1S/C6H14O3/c1-9-3-2-6(4-7)5-8/h6-8H,2-5H2,1H3. The fourth-order valence-electron chi connectivity index (χ4n) is 0.525. The summed E-state index contributed by atoms with van der Waals surface area (Å²) in [5.74, 6) is -0.00931. The van der Waals surface area contributed by atoms with E-state index in [1.54, 1.807) is 7.11 Å². The maximum absolute atomic E-state index is 8.54. The first-order valence-electron chi connectivity index (χ1n) is 3.05. The highest BCUT2D eigenvalue weighted by atomic mass is 16.5. The molecule has 0 aromatic carbocycles. The number of aliphatic hydroxyl groups excluding tert-OH is 2. The maximum Gasteiger partial charge on any atom is 0.0482 e. The van der Waals surface area contributed by atoms with Crippen LogP contribution in [-0.2, 0) is 4.74 Å². The molecule has 0 rings (SSSR count). The number of hydrogen-bond acceptors (Lipinski definition) is 3. The highest BCUT2D eigenvalue weighted by Gasteiger charge is 2.03. The lowest BCUT2D eigenvalue weighted by molar-refractivity contribution is 0.108. The van der Waals surface area contributed by atoms with Crippen LogP contribution in [-0.4, -0.2) is 37.1 Å². The van der Waals surface area contributed by atoms with Crippen molar-refractivity contribution in [1.29, 1.82) is 0 Å². The largest absolute Gasteiger partial charge is 0.396 e. The van der Waals surface area contributed by atoms with Crippen LogP contribution < -0.4 is 0 Å². The Bertz CT molecular complexity index is 52.3. The van der Waals surface area contributed by atoms with E-state index in [-0.39, 0.29) is 19.1 Å². The average Bonchev–Trinajstić information content (AvgIpc) is 1.91. The summed E-state index contributed by atoms with van der Waals surface area (Å²) < 4.78 is 4.75. The Balaban J connectivity index is 3.09. The van der Waals surface area contributed by atoms with Crippen LogP contribution in [0.2, 0.25) is 0 Å². The molecule has 3 nitrogen and oxygen atoms in total. The number of rotatable bonds is 5. The van der Waals surface area contributed by atoms with Gasteiger partial charge in [-0.3, -0.25) is 0 Å². The van der Waals surface area contributed by atoms with Gasteiger partial charge in [0.2, 0.25) is 0 Å². The van der Waals surface area contributed by atoms with Gasteiger partial charge in [0.1, 0.15) is 0 Å². The third kappa shape index (κ3) is 4.39. The molecule has 0 amide bonds. The van der Waals surface area contributed by atoms with E-state index < -0.39 is 0 Å². The molecule has 0 saturated heterocycles. The number of ether oxygens (including phenoxy) is 1. The van der Waals surface area contributed by atoms with Gasteiger partial charge in [-0.1, -0.05) is 0 Å². The molecule has 0 aromatic heterocycles.